The number of aliphatic hydroxyl groups excluding tert-OH is 4. The number of hydrogen-bond acceptors (Lipinski definition) is 9. The van der Waals surface area contributed by atoms with E-state index in [9.17, 15) is 20.1 Å². The Labute approximate surface area is 143 Å². The average Bonchev–Trinajstić information content (AvgIpc) is 2.60. The number of nitrogens with one attached hydrogen (secondary N) is 1. The second-order valence-corrected chi connectivity index (χ2v) is 5.38. The minimum Gasteiger partial charge on any atom is -0.508 e. The molecule has 1 aromatic carbocycles. The summed E-state index contributed by atoms with van der Waals surface area (Å²) in [6, 6.07) is 5.78. The molecule has 5 atom stereocenters. The van der Waals surface area contributed by atoms with Gasteiger partial charge in [0.2, 0.25) is 0 Å². The van der Waals surface area contributed by atoms with Gasteiger partial charge in [-0.05, 0) is 24.3 Å². The molecule has 0 aliphatic carbocycles. The van der Waals surface area contributed by atoms with Gasteiger partial charge in [0.25, 0.3) is 0 Å². The number of aromatic hydroxyl groups is 1. The maximum Gasteiger partial charge on any atom is 0.411 e. The maximum absolute atomic E-state index is 11.6. The standard InChI is InChI=1S/C15H21NO9/c17-7-10-11(19)12(20)13(21)14(25-10)23-5-6-24-15(22)16-8-1-3-9(18)4-2-8/h1-4,10-14,17-21H,5-7H2,(H,16,22). The molecule has 1 fully saturated rings. The van der Waals surface area contributed by atoms with Gasteiger partial charge in [0.1, 0.15) is 36.8 Å². The summed E-state index contributed by atoms with van der Waals surface area (Å²) in [5, 5.41) is 49.6. The van der Waals surface area contributed by atoms with Crippen molar-refractivity contribution >= 4 is 11.8 Å². The molecule has 2 rings (SSSR count). The van der Waals surface area contributed by atoms with E-state index in [2.05, 4.69) is 5.32 Å². The number of carbonyl (C=O) groups is 1. The van der Waals surface area contributed by atoms with Crippen LogP contribution in [-0.2, 0) is 14.2 Å². The van der Waals surface area contributed by atoms with Crippen LogP contribution in [0, 0.1) is 0 Å². The number of hydrogen-bond donors (Lipinski definition) is 6. The lowest BCUT2D eigenvalue weighted by molar-refractivity contribution is -0.301. The van der Waals surface area contributed by atoms with Crippen LogP contribution in [0.1, 0.15) is 0 Å². The zero-order valence-electron chi connectivity index (χ0n) is 13.2. The smallest absolute Gasteiger partial charge is 0.411 e. The van der Waals surface area contributed by atoms with Crippen LogP contribution >= 0.6 is 0 Å². The van der Waals surface area contributed by atoms with Gasteiger partial charge in [-0.2, -0.15) is 0 Å². The topological polar surface area (TPSA) is 158 Å². The molecule has 0 saturated carbocycles. The fourth-order valence-corrected chi connectivity index (χ4v) is 2.20. The molecule has 6 N–H and O–H groups in total. The molecule has 1 aliphatic rings. The number of carbonyl (C=O) groups excluding carboxylic acids is 1. The minimum atomic E-state index is -1.53. The summed E-state index contributed by atoms with van der Waals surface area (Å²) >= 11 is 0. The van der Waals surface area contributed by atoms with Gasteiger partial charge in [0.05, 0.1) is 13.2 Å². The Morgan fingerprint density at radius 1 is 1.08 bits per heavy atom. The fraction of sp³-hybridized carbons (Fsp3) is 0.533. The highest BCUT2D eigenvalue weighted by molar-refractivity contribution is 5.84. The second kappa shape index (κ2) is 8.94. The average molecular weight is 359 g/mol. The van der Waals surface area contributed by atoms with Gasteiger partial charge in [-0.3, -0.25) is 5.32 Å². The van der Waals surface area contributed by atoms with Gasteiger partial charge >= 0.3 is 6.09 Å². The third-order valence-electron chi connectivity index (χ3n) is 3.56. The summed E-state index contributed by atoms with van der Waals surface area (Å²) in [5.74, 6) is 0.0619. The molecule has 0 radical (unpaired) electrons. The predicted molar refractivity (Wildman–Crippen MR) is 82.8 cm³/mol. The van der Waals surface area contributed by atoms with Gasteiger partial charge in [0, 0.05) is 5.69 Å². The molecule has 1 saturated heterocycles. The van der Waals surface area contributed by atoms with Gasteiger partial charge in [-0.15, -0.1) is 0 Å². The highest BCUT2D eigenvalue weighted by Crippen LogP contribution is 2.21. The van der Waals surface area contributed by atoms with Gasteiger partial charge in [-0.1, -0.05) is 0 Å². The van der Waals surface area contributed by atoms with Crippen molar-refractivity contribution in [3.8, 4) is 5.75 Å². The molecule has 10 heteroatoms. The number of rotatable bonds is 6. The van der Waals surface area contributed by atoms with Crippen LogP contribution in [0.3, 0.4) is 0 Å². The first-order valence-electron chi connectivity index (χ1n) is 7.57. The normalized spacial score (nSPS) is 29.2. The van der Waals surface area contributed by atoms with E-state index < -0.39 is 43.4 Å². The SMILES string of the molecule is O=C(Nc1ccc(O)cc1)OCCOC1OC(CO)C(O)C(O)C1O. The van der Waals surface area contributed by atoms with Crippen LogP contribution in [0.15, 0.2) is 24.3 Å². The van der Waals surface area contributed by atoms with Crippen molar-refractivity contribution in [2.45, 2.75) is 30.7 Å². The number of phenolic OH excluding ortho intramolecular Hbond substituents is 1. The van der Waals surface area contributed by atoms with Gasteiger partial charge in [-0.25, -0.2) is 4.79 Å². The van der Waals surface area contributed by atoms with E-state index in [0.717, 1.165) is 0 Å². The van der Waals surface area contributed by atoms with E-state index in [4.69, 9.17) is 24.4 Å². The van der Waals surface area contributed by atoms with Gasteiger partial charge < -0.3 is 39.7 Å². The van der Waals surface area contributed by atoms with Crippen LogP contribution in [0.25, 0.3) is 0 Å². The number of aliphatic hydroxyl groups is 4. The zero-order chi connectivity index (χ0) is 18.4. The van der Waals surface area contributed by atoms with Crippen molar-refractivity contribution in [1.82, 2.24) is 0 Å². The highest BCUT2D eigenvalue weighted by atomic mass is 16.7. The fourth-order valence-electron chi connectivity index (χ4n) is 2.20. The first kappa shape index (κ1) is 19.4. The van der Waals surface area contributed by atoms with Crippen molar-refractivity contribution in [1.29, 1.82) is 0 Å². The Morgan fingerprint density at radius 2 is 1.76 bits per heavy atom. The first-order chi connectivity index (χ1) is 11.9. The molecule has 0 bridgehead atoms. The Kier molecular flexibility index (Phi) is 6.93. The van der Waals surface area contributed by atoms with E-state index >= 15 is 0 Å². The van der Waals surface area contributed by atoms with Crippen molar-refractivity contribution in [2.75, 3.05) is 25.1 Å². The predicted octanol–water partition coefficient (Wildman–Crippen LogP) is -1.24. The van der Waals surface area contributed by atoms with Crippen molar-refractivity contribution < 1.29 is 44.5 Å². The van der Waals surface area contributed by atoms with Crippen LogP contribution in [0.4, 0.5) is 10.5 Å². The summed E-state index contributed by atoms with van der Waals surface area (Å²) in [4.78, 5) is 11.6. The number of benzene rings is 1. The van der Waals surface area contributed by atoms with E-state index in [0.29, 0.717) is 5.69 Å². The van der Waals surface area contributed by atoms with Crippen molar-refractivity contribution in [2.24, 2.45) is 0 Å². The van der Waals surface area contributed by atoms with Crippen LogP contribution in [0.5, 0.6) is 5.75 Å². The molecule has 0 spiro atoms. The molecule has 1 aliphatic heterocycles. The third kappa shape index (κ3) is 5.26. The number of amides is 1. The summed E-state index contributed by atoms with van der Waals surface area (Å²) in [7, 11) is 0. The molecule has 5 unspecified atom stereocenters. The molecule has 10 nitrogen and oxygen atoms in total. The van der Waals surface area contributed by atoms with Crippen LogP contribution < -0.4 is 5.32 Å². The first-order valence-corrected chi connectivity index (χ1v) is 7.57. The van der Waals surface area contributed by atoms with Crippen LogP contribution in [-0.4, -0.2) is 82.2 Å². The van der Waals surface area contributed by atoms with E-state index in [1.54, 1.807) is 0 Å². The molecule has 1 amide bonds. The van der Waals surface area contributed by atoms with Crippen LogP contribution in [0.2, 0.25) is 0 Å². The molecule has 140 valence electrons. The molecule has 0 aromatic heterocycles. The second-order valence-electron chi connectivity index (χ2n) is 5.38. The Balaban J connectivity index is 1.71. The molecule has 1 heterocycles. The van der Waals surface area contributed by atoms with Gasteiger partial charge in [0.15, 0.2) is 6.29 Å². The highest BCUT2D eigenvalue weighted by Gasteiger charge is 2.43. The van der Waals surface area contributed by atoms with Crippen molar-refractivity contribution in [3.63, 3.8) is 0 Å². The summed E-state index contributed by atoms with van der Waals surface area (Å²) in [5.41, 5.74) is 0.428. The number of anilines is 1. The maximum atomic E-state index is 11.6. The lowest BCUT2D eigenvalue weighted by Gasteiger charge is -2.39. The zero-order valence-corrected chi connectivity index (χ0v) is 13.2. The monoisotopic (exact) mass is 359 g/mol. The molecule has 25 heavy (non-hydrogen) atoms. The lowest BCUT2D eigenvalue weighted by Crippen LogP contribution is -2.59. The summed E-state index contributed by atoms with van der Waals surface area (Å²) in [6.45, 7) is -0.874. The third-order valence-corrected chi connectivity index (χ3v) is 3.56. The quantitative estimate of drug-likeness (QED) is 0.270. The summed E-state index contributed by atoms with van der Waals surface area (Å²) in [6.07, 6.45) is -7.60. The lowest BCUT2D eigenvalue weighted by atomic mass is 9.99. The Morgan fingerprint density at radius 3 is 2.40 bits per heavy atom. The summed E-state index contributed by atoms with van der Waals surface area (Å²) < 4.78 is 15.2. The van der Waals surface area contributed by atoms with Crippen molar-refractivity contribution in [3.05, 3.63) is 24.3 Å². The number of phenols is 1. The Hall–Kier alpha value is -1.95. The Bertz CT molecular complexity index is 550. The van der Waals surface area contributed by atoms with E-state index in [1.807, 2.05) is 0 Å². The minimum absolute atomic E-state index is 0.0619. The largest absolute Gasteiger partial charge is 0.508 e. The van der Waals surface area contributed by atoms with E-state index in [1.165, 1.54) is 24.3 Å². The molecular formula is C15H21NO9. The molecule has 1 aromatic rings. The van der Waals surface area contributed by atoms with E-state index in [-0.39, 0.29) is 19.0 Å². The molecular weight excluding hydrogens is 338 g/mol. The number of ether oxygens (including phenoxy) is 3.